The third-order valence-corrected chi connectivity index (χ3v) is 7.43. The van der Waals surface area contributed by atoms with Gasteiger partial charge < -0.3 is 34.5 Å². The van der Waals surface area contributed by atoms with Crippen LogP contribution < -0.4 is 5.32 Å². The van der Waals surface area contributed by atoms with Gasteiger partial charge in [0.2, 0.25) is 0 Å². The minimum Gasteiger partial charge on any atom is -0.387 e. The second-order valence-corrected chi connectivity index (χ2v) is 10.4. The Hall–Kier alpha value is -1.72. The molecule has 2 fully saturated rings. The van der Waals surface area contributed by atoms with E-state index in [4.69, 9.17) is 18.9 Å². The zero-order valence-electron chi connectivity index (χ0n) is 19.3. The second kappa shape index (κ2) is 12.3. The normalized spacial score (nSPS) is 29.7. The van der Waals surface area contributed by atoms with Gasteiger partial charge in [0.15, 0.2) is 22.2 Å². The number of nitrogens with zero attached hydrogens (tertiary/aromatic N) is 4. The summed E-state index contributed by atoms with van der Waals surface area (Å²) in [5.41, 5.74) is 0.865. The van der Waals surface area contributed by atoms with Gasteiger partial charge in [-0.1, -0.05) is 5.21 Å². The van der Waals surface area contributed by atoms with Crippen molar-refractivity contribution in [1.29, 1.82) is 0 Å². The number of methoxy groups -OCH3 is 2. The number of ether oxygens (including phenoxy) is 4. The number of aromatic nitrogens is 3. The standard InChI is InChI=1S/C19H33N5O9S/c1-30-16-14(25)15(26)19(31-2)33-17(16)18(27)20-3-7-32-8-4-24-13(11-21-22-24)12-23-5-9-34(28,29)10-6-23/h11,14-17,19,25-26H,3-10,12H2,1-2H3,(H,20,27)/t14-,15+,16+,17?,19-/m1/s1. The van der Waals surface area contributed by atoms with Gasteiger partial charge in [-0.05, 0) is 0 Å². The van der Waals surface area contributed by atoms with Crippen LogP contribution in [0.2, 0.25) is 0 Å². The zero-order valence-corrected chi connectivity index (χ0v) is 20.1. The molecule has 5 atom stereocenters. The van der Waals surface area contributed by atoms with Gasteiger partial charge in [-0.2, -0.15) is 0 Å². The summed E-state index contributed by atoms with van der Waals surface area (Å²) in [7, 11) is -0.318. The van der Waals surface area contributed by atoms with Crippen molar-refractivity contribution in [3.8, 4) is 0 Å². The molecule has 194 valence electrons. The maximum Gasteiger partial charge on any atom is 0.252 e. The molecule has 3 N–H and O–H groups in total. The molecule has 1 aromatic rings. The highest BCUT2D eigenvalue weighted by molar-refractivity contribution is 7.91. The predicted molar refractivity (Wildman–Crippen MR) is 116 cm³/mol. The lowest BCUT2D eigenvalue weighted by Gasteiger charge is -2.40. The number of hydrogen-bond acceptors (Lipinski definition) is 12. The predicted octanol–water partition coefficient (Wildman–Crippen LogP) is -3.25. The van der Waals surface area contributed by atoms with Gasteiger partial charge in [-0.15, -0.1) is 5.10 Å². The van der Waals surface area contributed by atoms with Crippen molar-refractivity contribution >= 4 is 15.7 Å². The summed E-state index contributed by atoms with van der Waals surface area (Å²) >= 11 is 0. The van der Waals surface area contributed by atoms with E-state index < -0.39 is 46.5 Å². The first-order chi connectivity index (χ1) is 16.3. The first kappa shape index (κ1) is 26.9. The lowest BCUT2D eigenvalue weighted by atomic mass is 9.98. The fourth-order valence-corrected chi connectivity index (χ4v) is 5.11. The van der Waals surface area contributed by atoms with E-state index in [9.17, 15) is 23.4 Å². The smallest absolute Gasteiger partial charge is 0.252 e. The molecule has 2 aliphatic rings. The number of carbonyl (C=O) groups is 1. The zero-order chi connectivity index (χ0) is 24.7. The quantitative estimate of drug-likeness (QED) is 0.256. The van der Waals surface area contributed by atoms with E-state index in [0.717, 1.165) is 5.69 Å². The fraction of sp³-hybridized carbons (Fsp3) is 0.842. The van der Waals surface area contributed by atoms with Gasteiger partial charge in [0, 0.05) is 40.4 Å². The van der Waals surface area contributed by atoms with Gasteiger partial charge in [0.1, 0.15) is 18.3 Å². The van der Waals surface area contributed by atoms with Crippen molar-refractivity contribution in [2.75, 3.05) is 58.6 Å². The topological polar surface area (TPSA) is 175 Å². The van der Waals surface area contributed by atoms with E-state index in [0.29, 0.717) is 32.8 Å². The maximum atomic E-state index is 12.5. The highest BCUT2D eigenvalue weighted by Gasteiger charge is 2.48. The van der Waals surface area contributed by atoms with Crippen molar-refractivity contribution in [3.63, 3.8) is 0 Å². The number of nitrogens with one attached hydrogen (secondary N) is 1. The van der Waals surface area contributed by atoms with E-state index in [1.165, 1.54) is 14.2 Å². The number of hydrogen-bond donors (Lipinski definition) is 3. The minimum absolute atomic E-state index is 0.159. The van der Waals surface area contributed by atoms with Crippen molar-refractivity contribution < 1.29 is 42.4 Å². The average Bonchev–Trinajstić information content (AvgIpc) is 3.25. The maximum absolute atomic E-state index is 12.5. The molecular formula is C19H33N5O9S. The summed E-state index contributed by atoms with van der Waals surface area (Å²) in [5.74, 6) is -0.205. The van der Waals surface area contributed by atoms with Crippen LogP contribution in [0.5, 0.6) is 0 Å². The summed E-state index contributed by atoms with van der Waals surface area (Å²) < 4.78 is 46.0. The Balaban J connectivity index is 1.36. The van der Waals surface area contributed by atoms with E-state index in [1.54, 1.807) is 10.9 Å². The molecule has 2 saturated heterocycles. The first-order valence-corrected chi connectivity index (χ1v) is 12.8. The monoisotopic (exact) mass is 507 g/mol. The summed E-state index contributed by atoms with van der Waals surface area (Å²) in [6.45, 7) is 2.73. The Morgan fingerprint density at radius 3 is 2.62 bits per heavy atom. The molecule has 2 aliphatic heterocycles. The number of aliphatic hydroxyl groups excluding tert-OH is 2. The van der Waals surface area contributed by atoms with E-state index in [1.807, 2.05) is 0 Å². The van der Waals surface area contributed by atoms with Crippen molar-refractivity contribution in [1.82, 2.24) is 25.2 Å². The molecule has 1 amide bonds. The van der Waals surface area contributed by atoms with Crippen LogP contribution in [0.15, 0.2) is 6.20 Å². The Bertz CT molecular complexity index is 884. The molecule has 1 unspecified atom stereocenters. The number of carbonyl (C=O) groups excluding carboxylic acids is 1. The number of aliphatic hydroxyl groups is 2. The molecule has 15 heteroatoms. The molecule has 34 heavy (non-hydrogen) atoms. The Labute approximate surface area is 198 Å². The van der Waals surface area contributed by atoms with Gasteiger partial charge in [0.25, 0.3) is 5.91 Å². The molecule has 0 spiro atoms. The van der Waals surface area contributed by atoms with Crippen LogP contribution in [0.4, 0.5) is 0 Å². The van der Waals surface area contributed by atoms with Crippen LogP contribution in [-0.2, 0) is 46.7 Å². The molecule has 3 heterocycles. The summed E-state index contributed by atoms with van der Waals surface area (Å²) in [6.07, 6.45) is -4.39. The molecule has 0 bridgehead atoms. The van der Waals surface area contributed by atoms with Crippen LogP contribution in [0.3, 0.4) is 0 Å². The molecule has 1 aromatic heterocycles. The summed E-state index contributed by atoms with van der Waals surface area (Å²) in [6, 6.07) is 0. The van der Waals surface area contributed by atoms with E-state index >= 15 is 0 Å². The van der Waals surface area contributed by atoms with Crippen molar-refractivity contribution in [2.24, 2.45) is 0 Å². The number of amides is 1. The second-order valence-electron chi connectivity index (χ2n) is 8.12. The van der Waals surface area contributed by atoms with Crippen molar-refractivity contribution in [2.45, 2.75) is 43.8 Å². The molecule has 3 rings (SSSR count). The lowest BCUT2D eigenvalue weighted by molar-refractivity contribution is -0.287. The lowest BCUT2D eigenvalue weighted by Crippen LogP contribution is -2.62. The third-order valence-electron chi connectivity index (χ3n) is 5.82. The summed E-state index contributed by atoms with van der Waals surface area (Å²) in [5, 5.41) is 30.7. The number of rotatable bonds is 11. The first-order valence-electron chi connectivity index (χ1n) is 11.0. The van der Waals surface area contributed by atoms with Crippen LogP contribution >= 0.6 is 0 Å². The Morgan fingerprint density at radius 1 is 1.21 bits per heavy atom. The van der Waals surface area contributed by atoms with Gasteiger partial charge in [0.05, 0.1) is 43.2 Å². The van der Waals surface area contributed by atoms with Crippen LogP contribution in [-0.4, -0.2) is 134 Å². The number of sulfone groups is 1. The Morgan fingerprint density at radius 2 is 1.94 bits per heavy atom. The molecular weight excluding hydrogens is 474 g/mol. The van der Waals surface area contributed by atoms with Crippen molar-refractivity contribution in [3.05, 3.63) is 11.9 Å². The minimum atomic E-state index is -2.93. The highest BCUT2D eigenvalue weighted by atomic mass is 32.2. The molecule has 0 saturated carbocycles. The molecule has 14 nitrogen and oxygen atoms in total. The fourth-order valence-electron chi connectivity index (χ4n) is 3.83. The Kier molecular flexibility index (Phi) is 9.73. The average molecular weight is 508 g/mol. The van der Waals surface area contributed by atoms with Gasteiger partial charge in [-0.25, -0.2) is 13.1 Å². The van der Waals surface area contributed by atoms with Crippen LogP contribution in [0.1, 0.15) is 5.69 Å². The summed E-state index contributed by atoms with van der Waals surface area (Å²) in [4.78, 5) is 14.5. The van der Waals surface area contributed by atoms with Crippen LogP contribution in [0, 0.1) is 0 Å². The third kappa shape index (κ3) is 6.91. The molecule has 0 radical (unpaired) electrons. The van der Waals surface area contributed by atoms with E-state index in [-0.39, 0.29) is 24.7 Å². The highest BCUT2D eigenvalue weighted by Crippen LogP contribution is 2.23. The molecule has 0 aromatic carbocycles. The van der Waals surface area contributed by atoms with E-state index in [2.05, 4.69) is 20.5 Å². The van der Waals surface area contributed by atoms with Gasteiger partial charge >= 0.3 is 0 Å². The van der Waals surface area contributed by atoms with Gasteiger partial charge in [-0.3, -0.25) is 9.69 Å². The SMILES string of the molecule is CO[C@@H]1OC(C(=O)NCCOCCn2nncc2CN2CCS(=O)(=O)CC2)[C@@H](OC)[C@H](O)[C@@H]1O. The largest absolute Gasteiger partial charge is 0.387 e. The van der Waals surface area contributed by atoms with Crippen LogP contribution in [0.25, 0.3) is 0 Å². The molecule has 0 aliphatic carbocycles.